The number of aromatic nitrogens is 2. The van der Waals surface area contributed by atoms with Gasteiger partial charge in [0.1, 0.15) is 4.90 Å². The van der Waals surface area contributed by atoms with Crippen LogP contribution < -0.4 is 4.72 Å². The first-order valence-electron chi connectivity index (χ1n) is 7.67. The SMILES string of the molecule is CC1CCCC(NS(=O)(=O)c2cnn(CCCO)c2)CC1. The third-order valence-electron chi connectivity index (χ3n) is 4.04. The maximum atomic E-state index is 12.4. The Morgan fingerprint density at radius 3 is 2.95 bits per heavy atom. The van der Waals surface area contributed by atoms with Crippen molar-refractivity contribution in [3.05, 3.63) is 12.4 Å². The summed E-state index contributed by atoms with van der Waals surface area (Å²) in [7, 11) is -3.49. The molecule has 0 aliphatic heterocycles. The molecule has 1 aromatic rings. The van der Waals surface area contributed by atoms with Crippen LogP contribution in [0.15, 0.2) is 17.3 Å². The minimum atomic E-state index is -3.49. The fourth-order valence-corrected chi connectivity index (χ4v) is 3.99. The lowest BCUT2D eigenvalue weighted by Crippen LogP contribution is -2.34. The summed E-state index contributed by atoms with van der Waals surface area (Å²) >= 11 is 0. The largest absolute Gasteiger partial charge is 0.396 e. The number of hydrogen-bond acceptors (Lipinski definition) is 4. The highest BCUT2D eigenvalue weighted by molar-refractivity contribution is 7.89. The van der Waals surface area contributed by atoms with Gasteiger partial charge in [0.05, 0.1) is 6.20 Å². The Kier molecular flexibility index (Phi) is 5.78. The average Bonchev–Trinajstić information content (AvgIpc) is 2.83. The topological polar surface area (TPSA) is 84.2 Å². The second-order valence-electron chi connectivity index (χ2n) is 5.95. The molecule has 2 N–H and O–H groups in total. The van der Waals surface area contributed by atoms with Crippen LogP contribution in [0.3, 0.4) is 0 Å². The van der Waals surface area contributed by atoms with Crippen molar-refractivity contribution in [1.29, 1.82) is 0 Å². The lowest BCUT2D eigenvalue weighted by molar-refractivity contribution is 0.277. The van der Waals surface area contributed by atoms with Crippen LogP contribution in [0.2, 0.25) is 0 Å². The molecule has 2 unspecified atom stereocenters. The summed E-state index contributed by atoms with van der Waals surface area (Å²) in [6.07, 6.45) is 8.59. The molecule has 1 aromatic heterocycles. The smallest absolute Gasteiger partial charge is 0.243 e. The number of hydrogen-bond donors (Lipinski definition) is 2. The number of aryl methyl sites for hydroxylation is 1. The third-order valence-corrected chi connectivity index (χ3v) is 5.52. The zero-order valence-corrected chi connectivity index (χ0v) is 13.3. The first kappa shape index (κ1) is 16.5. The first-order valence-corrected chi connectivity index (χ1v) is 9.15. The Hall–Kier alpha value is -0.920. The van der Waals surface area contributed by atoms with E-state index in [-0.39, 0.29) is 17.5 Å². The van der Waals surface area contributed by atoms with Crippen molar-refractivity contribution in [2.45, 2.75) is 62.9 Å². The van der Waals surface area contributed by atoms with E-state index >= 15 is 0 Å². The molecule has 0 spiro atoms. The molecule has 6 nitrogen and oxygen atoms in total. The van der Waals surface area contributed by atoms with Gasteiger partial charge in [-0.05, 0) is 31.6 Å². The Bertz CT molecular complexity index is 541. The van der Waals surface area contributed by atoms with Gasteiger partial charge in [-0.3, -0.25) is 4.68 Å². The molecule has 2 rings (SSSR count). The molecule has 0 radical (unpaired) electrons. The maximum absolute atomic E-state index is 12.4. The third kappa shape index (κ3) is 4.79. The number of sulfonamides is 1. The van der Waals surface area contributed by atoms with Crippen LogP contribution in [0.1, 0.15) is 45.4 Å². The van der Waals surface area contributed by atoms with E-state index in [0.717, 1.165) is 25.7 Å². The highest BCUT2D eigenvalue weighted by atomic mass is 32.2. The average molecular weight is 315 g/mol. The summed E-state index contributed by atoms with van der Waals surface area (Å²) in [5.74, 6) is 0.681. The Morgan fingerprint density at radius 2 is 2.19 bits per heavy atom. The summed E-state index contributed by atoms with van der Waals surface area (Å²) in [4.78, 5) is 0.206. The van der Waals surface area contributed by atoms with E-state index in [9.17, 15) is 8.42 Å². The molecular formula is C14H25N3O3S. The second-order valence-corrected chi connectivity index (χ2v) is 7.66. The molecule has 1 fully saturated rings. The molecule has 1 aliphatic carbocycles. The van der Waals surface area contributed by atoms with E-state index in [0.29, 0.717) is 18.9 Å². The monoisotopic (exact) mass is 315 g/mol. The summed E-state index contributed by atoms with van der Waals surface area (Å²) in [5, 5.41) is 12.8. The van der Waals surface area contributed by atoms with Crippen LogP contribution in [0.5, 0.6) is 0 Å². The predicted octanol–water partition coefficient (Wildman–Crippen LogP) is 1.51. The molecule has 0 bridgehead atoms. The Morgan fingerprint density at radius 1 is 1.38 bits per heavy atom. The molecule has 2 atom stereocenters. The predicted molar refractivity (Wildman–Crippen MR) is 80.3 cm³/mol. The summed E-state index contributed by atoms with van der Waals surface area (Å²) in [6, 6.07) is 0.0285. The fraction of sp³-hybridized carbons (Fsp3) is 0.786. The van der Waals surface area contributed by atoms with Crippen molar-refractivity contribution in [2.75, 3.05) is 6.61 Å². The fourth-order valence-electron chi connectivity index (χ4n) is 2.73. The van der Waals surface area contributed by atoms with Crippen molar-refractivity contribution in [3.8, 4) is 0 Å². The number of aliphatic hydroxyl groups is 1. The maximum Gasteiger partial charge on any atom is 0.243 e. The van der Waals surface area contributed by atoms with Gasteiger partial charge in [-0.15, -0.1) is 0 Å². The molecule has 1 heterocycles. The molecule has 1 aliphatic rings. The van der Waals surface area contributed by atoms with Gasteiger partial charge in [0.2, 0.25) is 10.0 Å². The minimum Gasteiger partial charge on any atom is -0.396 e. The summed E-state index contributed by atoms with van der Waals surface area (Å²) in [6.45, 7) is 2.81. The van der Waals surface area contributed by atoms with Crippen LogP contribution in [0.4, 0.5) is 0 Å². The Balaban J connectivity index is 1.99. The number of nitrogens with one attached hydrogen (secondary N) is 1. The number of rotatable bonds is 6. The Labute approximate surface area is 126 Å². The summed E-state index contributed by atoms with van der Waals surface area (Å²) < 4.78 is 29.1. The molecule has 0 saturated heterocycles. The quantitative estimate of drug-likeness (QED) is 0.779. The van der Waals surface area contributed by atoms with E-state index in [1.165, 1.54) is 18.8 Å². The van der Waals surface area contributed by atoms with Gasteiger partial charge in [-0.2, -0.15) is 5.10 Å². The van der Waals surface area contributed by atoms with Gasteiger partial charge in [-0.25, -0.2) is 13.1 Å². The van der Waals surface area contributed by atoms with Crippen molar-refractivity contribution in [1.82, 2.24) is 14.5 Å². The van der Waals surface area contributed by atoms with Gasteiger partial charge in [0.25, 0.3) is 0 Å². The van der Waals surface area contributed by atoms with Crippen molar-refractivity contribution < 1.29 is 13.5 Å². The van der Waals surface area contributed by atoms with E-state index in [4.69, 9.17) is 5.11 Å². The summed E-state index contributed by atoms with van der Waals surface area (Å²) in [5.41, 5.74) is 0. The lowest BCUT2D eigenvalue weighted by Gasteiger charge is -2.15. The zero-order valence-electron chi connectivity index (χ0n) is 12.5. The van der Waals surface area contributed by atoms with Crippen LogP contribution in [0.25, 0.3) is 0 Å². The van der Waals surface area contributed by atoms with Crippen molar-refractivity contribution >= 4 is 10.0 Å². The standard InChI is InChI=1S/C14H25N3O3S/c1-12-4-2-5-13(7-6-12)16-21(19,20)14-10-15-17(11-14)8-3-9-18/h10-13,16,18H,2-9H2,1H3. The molecule has 120 valence electrons. The van der Waals surface area contributed by atoms with Crippen LogP contribution in [0, 0.1) is 5.92 Å². The highest BCUT2D eigenvalue weighted by Crippen LogP contribution is 2.23. The molecule has 21 heavy (non-hydrogen) atoms. The van der Waals surface area contributed by atoms with Gasteiger partial charge in [-0.1, -0.05) is 19.8 Å². The van der Waals surface area contributed by atoms with Gasteiger partial charge in [0.15, 0.2) is 0 Å². The van der Waals surface area contributed by atoms with Gasteiger partial charge in [0, 0.05) is 25.4 Å². The van der Waals surface area contributed by atoms with Crippen LogP contribution in [-0.2, 0) is 16.6 Å². The van der Waals surface area contributed by atoms with Gasteiger partial charge >= 0.3 is 0 Å². The zero-order chi connectivity index (χ0) is 15.3. The van der Waals surface area contributed by atoms with E-state index in [2.05, 4.69) is 16.7 Å². The molecule has 7 heteroatoms. The van der Waals surface area contributed by atoms with E-state index in [1.54, 1.807) is 4.68 Å². The molecule has 0 amide bonds. The molecular weight excluding hydrogens is 290 g/mol. The normalized spacial score (nSPS) is 23.9. The molecule has 1 saturated carbocycles. The van der Waals surface area contributed by atoms with E-state index < -0.39 is 10.0 Å². The first-order chi connectivity index (χ1) is 10.0. The number of aliphatic hydroxyl groups excluding tert-OH is 1. The van der Waals surface area contributed by atoms with Crippen molar-refractivity contribution in [3.63, 3.8) is 0 Å². The number of nitrogens with zero attached hydrogens (tertiary/aromatic N) is 2. The second kappa shape index (κ2) is 7.38. The van der Waals surface area contributed by atoms with Crippen LogP contribution >= 0.6 is 0 Å². The highest BCUT2D eigenvalue weighted by Gasteiger charge is 2.23. The van der Waals surface area contributed by atoms with Crippen LogP contribution in [-0.4, -0.2) is 36.0 Å². The molecule has 0 aromatic carbocycles. The minimum absolute atomic E-state index is 0.0285. The van der Waals surface area contributed by atoms with Gasteiger partial charge < -0.3 is 5.11 Å². The van der Waals surface area contributed by atoms with E-state index in [1.807, 2.05) is 0 Å². The van der Waals surface area contributed by atoms with Crippen molar-refractivity contribution in [2.24, 2.45) is 5.92 Å². The lowest BCUT2D eigenvalue weighted by atomic mass is 10.0.